The van der Waals surface area contributed by atoms with Crippen LogP contribution in [0, 0.1) is 6.92 Å². The second kappa shape index (κ2) is 9.73. The van der Waals surface area contributed by atoms with Crippen LogP contribution in [0.25, 0.3) is 0 Å². The zero-order valence-electron chi connectivity index (χ0n) is 14.6. The number of thioether (sulfide) groups is 1. The number of carbonyl (C=O) groups excluding carboxylic acids is 1. The van der Waals surface area contributed by atoms with Gasteiger partial charge < -0.3 is 14.8 Å². The van der Waals surface area contributed by atoms with Crippen LogP contribution in [0.1, 0.15) is 22.8 Å². The molecule has 0 fully saturated rings. The zero-order valence-corrected chi connectivity index (χ0v) is 17.0. The Morgan fingerprint density at radius 1 is 1.24 bits per heavy atom. The van der Waals surface area contributed by atoms with Gasteiger partial charge in [-0.25, -0.2) is 0 Å². The molecule has 134 valence electrons. The molecule has 1 amide bonds. The van der Waals surface area contributed by atoms with Crippen molar-refractivity contribution in [3.8, 4) is 11.5 Å². The Balaban J connectivity index is 1.92. The van der Waals surface area contributed by atoms with E-state index in [2.05, 4.69) is 52.4 Å². The minimum Gasteiger partial charge on any atom is -0.492 e. The zero-order chi connectivity index (χ0) is 18.2. The summed E-state index contributed by atoms with van der Waals surface area (Å²) in [5.74, 6) is 1.82. The van der Waals surface area contributed by atoms with Crippen molar-refractivity contribution in [3.63, 3.8) is 0 Å². The molecule has 1 N–H and O–H groups in total. The molecular weight excluding hydrogens is 402 g/mol. The van der Waals surface area contributed by atoms with Gasteiger partial charge in [0, 0.05) is 22.8 Å². The highest BCUT2D eigenvalue weighted by Gasteiger charge is 2.15. The molecule has 0 radical (unpaired) electrons. The fourth-order valence-corrected chi connectivity index (χ4v) is 3.60. The van der Waals surface area contributed by atoms with E-state index >= 15 is 0 Å². The number of amides is 1. The van der Waals surface area contributed by atoms with Crippen molar-refractivity contribution in [1.29, 1.82) is 0 Å². The summed E-state index contributed by atoms with van der Waals surface area (Å²) in [4.78, 5) is 13.6. The monoisotopic (exact) mass is 423 g/mol. The molecule has 0 aromatic heterocycles. The third kappa shape index (κ3) is 5.68. The summed E-state index contributed by atoms with van der Waals surface area (Å²) in [6.07, 6.45) is 0. The van der Waals surface area contributed by atoms with Crippen molar-refractivity contribution in [2.45, 2.75) is 18.7 Å². The molecule has 0 bridgehead atoms. The van der Waals surface area contributed by atoms with Crippen molar-refractivity contribution < 1.29 is 14.3 Å². The van der Waals surface area contributed by atoms with Gasteiger partial charge in [0.2, 0.25) is 0 Å². The molecule has 25 heavy (non-hydrogen) atoms. The third-order valence-corrected chi connectivity index (χ3v) is 5.06. The molecule has 0 atom stereocenters. The first-order valence-electron chi connectivity index (χ1n) is 8.03. The van der Waals surface area contributed by atoms with Crippen LogP contribution in [0.5, 0.6) is 11.5 Å². The van der Waals surface area contributed by atoms with E-state index in [0.717, 1.165) is 5.75 Å². The molecule has 0 aliphatic rings. The first-order chi connectivity index (χ1) is 12.0. The molecule has 0 aliphatic carbocycles. The second-order valence-corrected chi connectivity index (χ2v) is 7.36. The maximum atomic E-state index is 12.4. The van der Waals surface area contributed by atoms with Gasteiger partial charge in [-0.2, -0.15) is 0 Å². The van der Waals surface area contributed by atoms with Gasteiger partial charge in [0.25, 0.3) is 5.91 Å². The number of hydrogen-bond donors (Lipinski definition) is 1. The van der Waals surface area contributed by atoms with Crippen molar-refractivity contribution >= 4 is 33.6 Å². The third-order valence-electron chi connectivity index (χ3n) is 3.45. The molecule has 0 heterocycles. The number of methoxy groups -OCH3 is 1. The summed E-state index contributed by atoms with van der Waals surface area (Å²) in [7, 11) is 1.57. The number of halogens is 1. The maximum Gasteiger partial charge on any atom is 0.251 e. The lowest BCUT2D eigenvalue weighted by atomic mass is 10.2. The first kappa shape index (κ1) is 19.7. The number of hydrogen-bond acceptors (Lipinski definition) is 4. The Morgan fingerprint density at radius 2 is 1.96 bits per heavy atom. The lowest BCUT2D eigenvalue weighted by Gasteiger charge is -2.13. The van der Waals surface area contributed by atoms with E-state index in [1.165, 1.54) is 10.5 Å². The van der Waals surface area contributed by atoms with Crippen LogP contribution in [-0.2, 0) is 0 Å². The highest BCUT2D eigenvalue weighted by molar-refractivity contribution is 9.10. The molecule has 0 spiro atoms. The van der Waals surface area contributed by atoms with E-state index in [-0.39, 0.29) is 5.91 Å². The Kier molecular flexibility index (Phi) is 7.65. The van der Waals surface area contributed by atoms with Crippen LogP contribution in [0.15, 0.2) is 45.8 Å². The molecule has 0 saturated heterocycles. The van der Waals surface area contributed by atoms with Crippen molar-refractivity contribution in [3.05, 3.63) is 52.0 Å². The number of benzene rings is 2. The van der Waals surface area contributed by atoms with Crippen molar-refractivity contribution in [2.75, 3.05) is 26.0 Å². The van der Waals surface area contributed by atoms with Crippen LogP contribution in [-0.4, -0.2) is 31.9 Å². The van der Waals surface area contributed by atoms with E-state index in [0.29, 0.717) is 34.7 Å². The fourth-order valence-electron chi connectivity index (χ4n) is 2.23. The predicted molar refractivity (Wildman–Crippen MR) is 106 cm³/mol. The highest BCUT2D eigenvalue weighted by Crippen LogP contribution is 2.36. The van der Waals surface area contributed by atoms with Crippen LogP contribution in [0.4, 0.5) is 0 Å². The molecule has 2 rings (SSSR count). The smallest absolute Gasteiger partial charge is 0.251 e. The number of aryl methyl sites for hydroxylation is 1. The standard InChI is InChI=1S/C19H22BrNO3S/c1-4-24-17-12-14(11-16(20)18(17)23-3)19(22)21-9-10-25-15-7-5-13(2)6-8-15/h5-8,11-12H,4,9-10H2,1-3H3,(H,21,22). The molecule has 0 unspecified atom stereocenters. The average molecular weight is 424 g/mol. The molecule has 0 aliphatic heterocycles. The summed E-state index contributed by atoms with van der Waals surface area (Å²) in [6, 6.07) is 11.8. The maximum absolute atomic E-state index is 12.4. The van der Waals surface area contributed by atoms with Crippen LogP contribution in [0.3, 0.4) is 0 Å². The minimum atomic E-state index is -0.131. The lowest BCUT2D eigenvalue weighted by molar-refractivity contribution is 0.0955. The summed E-state index contributed by atoms with van der Waals surface area (Å²) < 4.78 is 11.6. The van der Waals surface area contributed by atoms with Crippen LogP contribution < -0.4 is 14.8 Å². The Bertz CT molecular complexity index is 719. The topological polar surface area (TPSA) is 47.6 Å². The van der Waals surface area contributed by atoms with Gasteiger partial charge in [-0.3, -0.25) is 4.79 Å². The Labute approximate surface area is 161 Å². The predicted octanol–water partition coefficient (Wildman–Crippen LogP) is 4.69. The highest BCUT2D eigenvalue weighted by atomic mass is 79.9. The quantitative estimate of drug-likeness (QED) is 0.494. The minimum absolute atomic E-state index is 0.131. The Morgan fingerprint density at radius 3 is 2.60 bits per heavy atom. The number of carbonyl (C=O) groups is 1. The largest absolute Gasteiger partial charge is 0.492 e. The lowest BCUT2D eigenvalue weighted by Crippen LogP contribution is -2.25. The molecular formula is C19H22BrNO3S. The fraction of sp³-hybridized carbons (Fsp3) is 0.316. The van der Waals surface area contributed by atoms with E-state index in [9.17, 15) is 4.79 Å². The molecule has 6 heteroatoms. The normalized spacial score (nSPS) is 10.4. The first-order valence-corrected chi connectivity index (χ1v) is 9.81. The summed E-state index contributed by atoms with van der Waals surface area (Å²) in [5, 5.41) is 2.94. The van der Waals surface area contributed by atoms with Gasteiger partial charge in [-0.05, 0) is 54.0 Å². The molecule has 2 aromatic carbocycles. The average Bonchev–Trinajstić information content (AvgIpc) is 2.60. The second-order valence-electron chi connectivity index (χ2n) is 5.34. The Hall–Kier alpha value is -1.66. The van der Waals surface area contributed by atoms with Crippen molar-refractivity contribution in [2.24, 2.45) is 0 Å². The van der Waals surface area contributed by atoms with E-state index < -0.39 is 0 Å². The van der Waals surface area contributed by atoms with Crippen LogP contribution in [0.2, 0.25) is 0 Å². The SMILES string of the molecule is CCOc1cc(C(=O)NCCSc2ccc(C)cc2)cc(Br)c1OC. The summed E-state index contributed by atoms with van der Waals surface area (Å²) in [5.41, 5.74) is 1.78. The van der Waals surface area contributed by atoms with Gasteiger partial charge in [-0.15, -0.1) is 11.8 Å². The molecule has 4 nitrogen and oxygen atoms in total. The van der Waals surface area contributed by atoms with Gasteiger partial charge in [0.1, 0.15) is 0 Å². The van der Waals surface area contributed by atoms with Gasteiger partial charge >= 0.3 is 0 Å². The number of rotatable bonds is 8. The molecule has 2 aromatic rings. The number of ether oxygens (including phenoxy) is 2. The number of nitrogens with one attached hydrogen (secondary N) is 1. The van der Waals surface area contributed by atoms with Gasteiger partial charge in [-0.1, -0.05) is 17.7 Å². The van der Waals surface area contributed by atoms with Gasteiger partial charge in [0.05, 0.1) is 18.2 Å². The summed E-state index contributed by atoms with van der Waals surface area (Å²) in [6.45, 7) is 5.05. The van der Waals surface area contributed by atoms with Crippen molar-refractivity contribution in [1.82, 2.24) is 5.32 Å². The summed E-state index contributed by atoms with van der Waals surface area (Å²) >= 11 is 5.14. The van der Waals surface area contributed by atoms with E-state index in [1.54, 1.807) is 31.0 Å². The van der Waals surface area contributed by atoms with Gasteiger partial charge in [0.15, 0.2) is 11.5 Å². The molecule has 0 saturated carbocycles. The van der Waals surface area contributed by atoms with E-state index in [1.807, 2.05) is 6.92 Å². The van der Waals surface area contributed by atoms with E-state index in [4.69, 9.17) is 9.47 Å². The van der Waals surface area contributed by atoms with Crippen LogP contribution >= 0.6 is 27.7 Å².